The van der Waals surface area contributed by atoms with Crippen LogP contribution < -0.4 is 4.74 Å². The number of halogens is 2. The van der Waals surface area contributed by atoms with E-state index in [1.165, 1.54) is 30.6 Å². The summed E-state index contributed by atoms with van der Waals surface area (Å²) in [5.74, 6) is -1.68. The van der Waals surface area contributed by atoms with E-state index < -0.39 is 11.6 Å². The molecule has 0 spiro atoms. The van der Waals surface area contributed by atoms with Gasteiger partial charge in [-0.1, -0.05) is 12.6 Å². The van der Waals surface area contributed by atoms with Crippen molar-refractivity contribution < 1.29 is 23.0 Å². The van der Waals surface area contributed by atoms with Gasteiger partial charge in [0.1, 0.15) is 35.4 Å². The van der Waals surface area contributed by atoms with Crippen molar-refractivity contribution in [1.82, 2.24) is 29.4 Å². The number of carbonyl (C=O) groups excluding carboxylic acids is 1. The third-order valence-electron chi connectivity index (χ3n) is 8.68. The van der Waals surface area contributed by atoms with Gasteiger partial charge in [0.2, 0.25) is 5.91 Å². The number of carbonyl (C=O) groups is 1. The number of hydrogen-bond acceptors (Lipinski definition) is 7. The lowest BCUT2D eigenvalue weighted by molar-refractivity contribution is -0.129. The van der Waals surface area contributed by atoms with E-state index in [9.17, 15) is 9.18 Å². The average molecular weight is 655 g/mol. The zero-order chi connectivity index (χ0) is 33.0. The molecule has 2 aromatic carbocycles. The molecule has 6 aromatic rings. The first-order valence-corrected chi connectivity index (χ1v) is 16.1. The largest absolute Gasteiger partial charge is 0.490 e. The normalized spacial score (nSPS) is 16.2. The second kappa shape index (κ2) is 12.0. The number of amides is 1. The number of ether oxygens (including phenoxy) is 2. The van der Waals surface area contributed by atoms with Crippen molar-refractivity contribution in [2.75, 3.05) is 26.9 Å². The zero-order valence-corrected chi connectivity index (χ0v) is 27.1. The fourth-order valence-corrected chi connectivity index (χ4v) is 7.33. The molecule has 12 heteroatoms. The molecule has 0 fully saturated rings. The van der Waals surface area contributed by atoms with Crippen LogP contribution in [0.5, 0.6) is 5.75 Å². The van der Waals surface area contributed by atoms with E-state index in [0.29, 0.717) is 29.2 Å². The smallest absolute Gasteiger partial charge is 0.246 e. The lowest BCUT2D eigenvalue weighted by Crippen LogP contribution is -2.42. The molecule has 0 unspecified atom stereocenters. The summed E-state index contributed by atoms with van der Waals surface area (Å²) in [6.45, 7) is 8.37. The van der Waals surface area contributed by atoms with E-state index >= 15 is 4.39 Å². The number of aromatic nitrogens is 5. The Balaban J connectivity index is 1.52. The minimum atomic E-state index is -0.784. The molecule has 1 aliphatic heterocycles. The number of methoxy groups -OCH3 is 1. The van der Waals surface area contributed by atoms with Gasteiger partial charge in [-0.05, 0) is 49.6 Å². The number of hydrogen-bond donors (Lipinski definition) is 0. The maximum Gasteiger partial charge on any atom is 0.246 e. The molecular weight excluding hydrogens is 622 g/mol. The standard InChI is InChI=1S/C35H32F2N6O3S/c1-6-30(44)42-18-19(2)43-28(20(42)3)16-26(40-43)34-32(31-25(37)14-23(36)15-29(31)46-11-10-45-5)35-24(9-12-47-35)33(39-34)21-7-8-27-22(13-21)17-38-41(27)4/h6-9,12-17,19-20H,1,10-11,18H2,2-5H3/t19-,20+/m0/s1. The number of benzene rings is 2. The monoisotopic (exact) mass is 654 g/mol. The fourth-order valence-electron chi connectivity index (χ4n) is 6.38. The summed E-state index contributed by atoms with van der Waals surface area (Å²) in [6.07, 6.45) is 3.12. The topological polar surface area (TPSA) is 87.3 Å². The summed E-state index contributed by atoms with van der Waals surface area (Å²) < 4.78 is 46.3. The van der Waals surface area contributed by atoms with Crippen LogP contribution in [0.15, 0.2) is 66.7 Å². The van der Waals surface area contributed by atoms with Crippen LogP contribution in [-0.2, 0) is 16.6 Å². The van der Waals surface area contributed by atoms with Crippen LogP contribution in [0.4, 0.5) is 8.78 Å². The summed E-state index contributed by atoms with van der Waals surface area (Å²) >= 11 is 1.43. The second-order valence-corrected chi connectivity index (χ2v) is 12.5. The lowest BCUT2D eigenvalue weighted by Gasteiger charge is -2.36. The van der Waals surface area contributed by atoms with Gasteiger partial charge >= 0.3 is 0 Å². The third-order valence-corrected chi connectivity index (χ3v) is 9.61. The van der Waals surface area contributed by atoms with Gasteiger partial charge in [-0.25, -0.2) is 13.8 Å². The van der Waals surface area contributed by atoms with Crippen LogP contribution in [0.2, 0.25) is 0 Å². The van der Waals surface area contributed by atoms with E-state index in [1.54, 1.807) is 11.1 Å². The van der Waals surface area contributed by atoms with Crippen LogP contribution in [0.25, 0.3) is 54.8 Å². The Morgan fingerprint density at radius 3 is 2.72 bits per heavy atom. The Bertz CT molecular complexity index is 2190. The van der Waals surface area contributed by atoms with Crippen LogP contribution in [0.3, 0.4) is 0 Å². The Morgan fingerprint density at radius 1 is 1.11 bits per heavy atom. The predicted octanol–water partition coefficient (Wildman–Crippen LogP) is 7.33. The second-order valence-electron chi connectivity index (χ2n) is 11.6. The molecule has 4 aromatic heterocycles. The van der Waals surface area contributed by atoms with Crippen molar-refractivity contribution in [3.8, 4) is 39.5 Å². The molecule has 9 nitrogen and oxygen atoms in total. The minimum Gasteiger partial charge on any atom is -0.490 e. The summed E-state index contributed by atoms with van der Waals surface area (Å²) in [4.78, 5) is 19.7. The summed E-state index contributed by atoms with van der Waals surface area (Å²) in [5.41, 5.74) is 4.75. The van der Waals surface area contributed by atoms with Crippen molar-refractivity contribution in [3.05, 3.63) is 84.0 Å². The minimum absolute atomic E-state index is 0.0373. The Hall–Kier alpha value is -4.94. The van der Waals surface area contributed by atoms with Gasteiger partial charge in [0.25, 0.3) is 0 Å². The van der Waals surface area contributed by atoms with Gasteiger partial charge in [0.05, 0.1) is 47.4 Å². The maximum atomic E-state index is 16.1. The van der Waals surface area contributed by atoms with Gasteiger partial charge in [-0.2, -0.15) is 10.2 Å². The maximum absolute atomic E-state index is 16.1. The van der Waals surface area contributed by atoms with Crippen LogP contribution >= 0.6 is 11.3 Å². The highest BCUT2D eigenvalue weighted by atomic mass is 32.1. The van der Waals surface area contributed by atoms with Crippen molar-refractivity contribution in [1.29, 1.82) is 0 Å². The quantitative estimate of drug-likeness (QED) is 0.126. The number of aryl methyl sites for hydroxylation is 1. The van der Waals surface area contributed by atoms with Gasteiger partial charge < -0.3 is 14.4 Å². The first-order chi connectivity index (χ1) is 22.7. The fraction of sp³-hybridized carbons (Fsp3) is 0.257. The van der Waals surface area contributed by atoms with Gasteiger partial charge in [-0.3, -0.25) is 14.2 Å². The molecule has 47 heavy (non-hydrogen) atoms. The summed E-state index contributed by atoms with van der Waals surface area (Å²) in [6, 6.07) is 11.5. The number of nitrogens with zero attached hydrogens (tertiary/aromatic N) is 6. The number of pyridine rings is 1. The Labute approximate surface area is 273 Å². The molecule has 7 rings (SSSR count). The number of rotatable bonds is 8. The molecule has 0 saturated heterocycles. The molecule has 240 valence electrons. The molecule has 0 saturated carbocycles. The van der Waals surface area contributed by atoms with Crippen LogP contribution in [-0.4, -0.2) is 62.2 Å². The van der Waals surface area contributed by atoms with E-state index in [4.69, 9.17) is 19.6 Å². The predicted molar refractivity (Wildman–Crippen MR) is 178 cm³/mol. The van der Waals surface area contributed by atoms with Gasteiger partial charge in [0.15, 0.2) is 0 Å². The molecule has 1 aliphatic rings. The highest BCUT2D eigenvalue weighted by Crippen LogP contribution is 2.48. The van der Waals surface area contributed by atoms with E-state index in [1.807, 2.05) is 66.0 Å². The SMILES string of the molecule is C=CC(=O)N1C[C@H](C)n2nc(-c3nc(-c4ccc5c(cnn5C)c4)c4ccsc4c3-c3c(F)cc(F)cc3OCCOC)cc2[C@H]1C. The molecule has 1 amide bonds. The third kappa shape index (κ3) is 5.17. The Morgan fingerprint density at radius 2 is 1.94 bits per heavy atom. The highest BCUT2D eigenvalue weighted by Gasteiger charge is 2.34. The molecule has 5 heterocycles. The zero-order valence-electron chi connectivity index (χ0n) is 26.3. The van der Waals surface area contributed by atoms with Crippen molar-refractivity contribution in [2.45, 2.75) is 25.9 Å². The van der Waals surface area contributed by atoms with Gasteiger partial charge in [0, 0.05) is 59.4 Å². The first-order valence-electron chi connectivity index (χ1n) is 15.2. The van der Waals surface area contributed by atoms with Crippen LogP contribution in [0.1, 0.15) is 31.6 Å². The van der Waals surface area contributed by atoms with Crippen LogP contribution in [0, 0.1) is 11.6 Å². The van der Waals surface area contributed by atoms with Gasteiger partial charge in [-0.15, -0.1) is 11.3 Å². The Kier molecular flexibility index (Phi) is 7.85. The van der Waals surface area contributed by atoms with Crippen molar-refractivity contribution in [3.63, 3.8) is 0 Å². The number of thiophene rings is 1. The van der Waals surface area contributed by atoms with E-state index in [0.717, 1.165) is 38.3 Å². The highest BCUT2D eigenvalue weighted by molar-refractivity contribution is 7.18. The van der Waals surface area contributed by atoms with Crippen molar-refractivity contribution >= 4 is 38.2 Å². The molecule has 0 bridgehead atoms. The van der Waals surface area contributed by atoms with Crippen molar-refractivity contribution in [2.24, 2.45) is 7.05 Å². The summed E-state index contributed by atoms with van der Waals surface area (Å²) in [7, 11) is 3.42. The first kappa shape index (κ1) is 30.7. The average Bonchev–Trinajstić information content (AvgIpc) is 3.81. The van der Waals surface area contributed by atoms with E-state index in [-0.39, 0.29) is 42.5 Å². The molecular formula is C35H32F2N6O3S. The summed E-state index contributed by atoms with van der Waals surface area (Å²) in [5, 5.41) is 13.1. The molecule has 0 N–H and O–H groups in total. The molecule has 0 radical (unpaired) electrons. The molecule has 0 aliphatic carbocycles. The lowest BCUT2D eigenvalue weighted by atomic mass is 9.96. The van der Waals surface area contributed by atoms with E-state index in [2.05, 4.69) is 11.7 Å². The molecule has 2 atom stereocenters. The number of fused-ring (bicyclic) bond motifs is 3.